The standard InChI is InChI=1S/C18H26N2O5/c1-3-15(22)13(2)19-16(23)9-5-4-7-14(21)8-6-12-20-17(24)10-11-18(20)25/h10-11,13H,3-9,12H2,1-2H3,(H,19,23)/t13-/m0/s1. The molecule has 7 nitrogen and oxygen atoms in total. The van der Waals surface area contributed by atoms with Crippen molar-refractivity contribution in [2.24, 2.45) is 0 Å². The molecule has 0 radical (unpaired) electrons. The second kappa shape index (κ2) is 10.5. The molecular weight excluding hydrogens is 324 g/mol. The summed E-state index contributed by atoms with van der Waals surface area (Å²) in [6.07, 6.45) is 5.45. The molecule has 0 aromatic rings. The highest BCUT2D eigenvalue weighted by Gasteiger charge is 2.22. The van der Waals surface area contributed by atoms with Crippen molar-refractivity contribution in [3.63, 3.8) is 0 Å². The van der Waals surface area contributed by atoms with Gasteiger partial charge in [-0.3, -0.25) is 28.9 Å². The number of carbonyl (C=O) groups is 5. The van der Waals surface area contributed by atoms with Gasteiger partial charge in [0.2, 0.25) is 5.91 Å². The molecule has 138 valence electrons. The molecule has 0 bridgehead atoms. The molecule has 1 rings (SSSR count). The first-order chi connectivity index (χ1) is 11.8. The Morgan fingerprint density at radius 3 is 2.16 bits per heavy atom. The molecule has 3 amide bonds. The summed E-state index contributed by atoms with van der Waals surface area (Å²) in [6, 6.07) is -0.468. The maximum absolute atomic E-state index is 11.8. The smallest absolute Gasteiger partial charge is 0.253 e. The van der Waals surface area contributed by atoms with Crippen LogP contribution in [0.2, 0.25) is 0 Å². The lowest BCUT2D eigenvalue weighted by Gasteiger charge is -2.13. The Kier molecular flexibility index (Phi) is 8.74. The van der Waals surface area contributed by atoms with Gasteiger partial charge < -0.3 is 5.32 Å². The number of ketones is 2. The van der Waals surface area contributed by atoms with E-state index in [2.05, 4.69) is 5.32 Å². The average Bonchev–Trinajstić information content (AvgIpc) is 2.89. The molecule has 1 N–H and O–H groups in total. The van der Waals surface area contributed by atoms with Gasteiger partial charge in [-0.2, -0.15) is 0 Å². The number of carbonyl (C=O) groups excluding carboxylic acids is 5. The van der Waals surface area contributed by atoms with Crippen molar-refractivity contribution in [1.29, 1.82) is 0 Å². The number of rotatable bonds is 12. The van der Waals surface area contributed by atoms with Crippen molar-refractivity contribution in [2.45, 2.75) is 64.8 Å². The van der Waals surface area contributed by atoms with E-state index in [1.807, 2.05) is 0 Å². The Morgan fingerprint density at radius 1 is 1.00 bits per heavy atom. The summed E-state index contributed by atoms with van der Waals surface area (Å²) < 4.78 is 0. The van der Waals surface area contributed by atoms with Crippen molar-refractivity contribution >= 4 is 29.3 Å². The summed E-state index contributed by atoms with van der Waals surface area (Å²) in [6.45, 7) is 3.67. The molecular formula is C18H26N2O5. The van der Waals surface area contributed by atoms with E-state index >= 15 is 0 Å². The number of imide groups is 1. The van der Waals surface area contributed by atoms with Gasteiger partial charge in [-0.25, -0.2) is 0 Å². The quantitative estimate of drug-likeness (QED) is 0.422. The number of nitrogens with one attached hydrogen (secondary N) is 1. The van der Waals surface area contributed by atoms with Crippen LogP contribution < -0.4 is 5.32 Å². The Labute approximate surface area is 147 Å². The average molecular weight is 350 g/mol. The van der Waals surface area contributed by atoms with Crippen LogP contribution in [-0.2, 0) is 24.0 Å². The number of nitrogens with zero attached hydrogens (tertiary/aromatic N) is 1. The second-order valence-electron chi connectivity index (χ2n) is 6.12. The molecule has 0 aromatic carbocycles. The lowest BCUT2D eigenvalue weighted by Crippen LogP contribution is -2.38. The van der Waals surface area contributed by atoms with E-state index in [4.69, 9.17) is 0 Å². The highest BCUT2D eigenvalue weighted by molar-refractivity contribution is 6.12. The fourth-order valence-corrected chi connectivity index (χ4v) is 2.52. The van der Waals surface area contributed by atoms with Gasteiger partial charge in [-0.05, 0) is 26.2 Å². The predicted molar refractivity (Wildman–Crippen MR) is 91.5 cm³/mol. The molecule has 25 heavy (non-hydrogen) atoms. The Hall–Kier alpha value is -2.31. The molecule has 0 fully saturated rings. The fraction of sp³-hybridized carbons (Fsp3) is 0.611. The first-order valence-corrected chi connectivity index (χ1v) is 8.72. The predicted octanol–water partition coefficient (Wildman–Crippen LogP) is 1.30. The van der Waals surface area contributed by atoms with Gasteiger partial charge in [0.25, 0.3) is 11.8 Å². The van der Waals surface area contributed by atoms with Crippen molar-refractivity contribution in [3.05, 3.63) is 12.2 Å². The van der Waals surface area contributed by atoms with Crippen LogP contribution in [0.4, 0.5) is 0 Å². The van der Waals surface area contributed by atoms with Gasteiger partial charge in [0.15, 0.2) is 5.78 Å². The van der Waals surface area contributed by atoms with E-state index in [1.54, 1.807) is 13.8 Å². The highest BCUT2D eigenvalue weighted by Crippen LogP contribution is 2.08. The van der Waals surface area contributed by atoms with Crippen LogP contribution in [0.5, 0.6) is 0 Å². The summed E-state index contributed by atoms with van der Waals surface area (Å²) in [4.78, 5) is 58.7. The van der Waals surface area contributed by atoms with Crippen LogP contribution in [0.1, 0.15) is 58.8 Å². The van der Waals surface area contributed by atoms with E-state index in [1.165, 1.54) is 12.2 Å². The van der Waals surface area contributed by atoms with Crippen molar-refractivity contribution in [1.82, 2.24) is 10.2 Å². The zero-order chi connectivity index (χ0) is 18.8. The summed E-state index contributed by atoms with van der Waals surface area (Å²) in [5, 5.41) is 2.64. The highest BCUT2D eigenvalue weighted by atomic mass is 16.2. The summed E-state index contributed by atoms with van der Waals surface area (Å²) in [5.41, 5.74) is 0. The van der Waals surface area contributed by atoms with Gasteiger partial charge in [-0.15, -0.1) is 0 Å². The first-order valence-electron chi connectivity index (χ1n) is 8.72. The zero-order valence-corrected chi connectivity index (χ0v) is 14.9. The maximum Gasteiger partial charge on any atom is 0.253 e. The molecule has 1 atom stereocenters. The lowest BCUT2D eigenvalue weighted by molar-refractivity contribution is -0.137. The second-order valence-corrected chi connectivity index (χ2v) is 6.12. The van der Waals surface area contributed by atoms with E-state index in [0.717, 1.165) is 4.90 Å². The molecule has 1 aliphatic heterocycles. The fourth-order valence-electron chi connectivity index (χ4n) is 2.52. The molecule has 1 heterocycles. The van der Waals surface area contributed by atoms with Crippen LogP contribution >= 0.6 is 0 Å². The third kappa shape index (κ3) is 7.41. The number of hydrogen-bond donors (Lipinski definition) is 1. The van der Waals surface area contributed by atoms with Gasteiger partial charge in [0.1, 0.15) is 5.78 Å². The number of hydrogen-bond acceptors (Lipinski definition) is 5. The van der Waals surface area contributed by atoms with E-state index in [-0.39, 0.29) is 42.3 Å². The van der Waals surface area contributed by atoms with Crippen molar-refractivity contribution in [2.75, 3.05) is 6.54 Å². The van der Waals surface area contributed by atoms with Crippen LogP contribution in [0.25, 0.3) is 0 Å². The van der Waals surface area contributed by atoms with Crippen LogP contribution in [-0.4, -0.2) is 46.8 Å². The summed E-state index contributed by atoms with van der Waals surface area (Å²) >= 11 is 0. The molecule has 0 aromatic heterocycles. The van der Waals surface area contributed by atoms with E-state index in [9.17, 15) is 24.0 Å². The van der Waals surface area contributed by atoms with Crippen LogP contribution in [0.3, 0.4) is 0 Å². The molecule has 0 aliphatic carbocycles. The van der Waals surface area contributed by atoms with Crippen LogP contribution in [0, 0.1) is 0 Å². The molecule has 0 unspecified atom stereocenters. The van der Waals surface area contributed by atoms with Gasteiger partial charge in [0.05, 0.1) is 6.04 Å². The summed E-state index contributed by atoms with van der Waals surface area (Å²) in [7, 11) is 0. The topological polar surface area (TPSA) is 101 Å². The van der Waals surface area contributed by atoms with Gasteiger partial charge in [-0.1, -0.05) is 6.92 Å². The normalized spacial score (nSPS) is 14.7. The van der Waals surface area contributed by atoms with Gasteiger partial charge >= 0.3 is 0 Å². The van der Waals surface area contributed by atoms with Crippen molar-refractivity contribution < 1.29 is 24.0 Å². The Morgan fingerprint density at radius 2 is 1.56 bits per heavy atom. The molecule has 0 saturated heterocycles. The van der Waals surface area contributed by atoms with E-state index in [0.29, 0.717) is 38.5 Å². The van der Waals surface area contributed by atoms with Gasteiger partial charge in [0, 0.05) is 44.4 Å². The third-order valence-electron chi connectivity index (χ3n) is 4.06. The number of unbranched alkanes of at least 4 members (excludes halogenated alkanes) is 1. The molecule has 7 heteroatoms. The van der Waals surface area contributed by atoms with Crippen molar-refractivity contribution in [3.8, 4) is 0 Å². The largest absolute Gasteiger partial charge is 0.347 e. The minimum atomic E-state index is -0.468. The third-order valence-corrected chi connectivity index (χ3v) is 4.06. The summed E-state index contributed by atoms with van der Waals surface area (Å²) in [5.74, 6) is -0.797. The minimum absolute atomic E-state index is 0.00584. The number of amides is 3. The van der Waals surface area contributed by atoms with E-state index < -0.39 is 6.04 Å². The SMILES string of the molecule is CCC(=O)[C@H](C)NC(=O)CCCCC(=O)CCCN1C(=O)C=CC1=O. The minimum Gasteiger partial charge on any atom is -0.347 e. The first kappa shape index (κ1) is 20.7. The molecule has 0 spiro atoms. The maximum atomic E-state index is 11.8. The number of Topliss-reactive ketones (excluding diaryl/α,β-unsaturated/α-hetero) is 2. The Balaban J connectivity index is 2.09. The zero-order valence-electron chi connectivity index (χ0n) is 14.9. The lowest BCUT2D eigenvalue weighted by atomic mass is 10.1. The molecule has 0 saturated carbocycles. The monoisotopic (exact) mass is 350 g/mol. The Bertz CT molecular complexity index is 550. The van der Waals surface area contributed by atoms with Crippen LogP contribution in [0.15, 0.2) is 12.2 Å². The molecule has 1 aliphatic rings.